The molecule has 1 saturated heterocycles. The van der Waals surface area contributed by atoms with Crippen LogP contribution in [0.2, 0.25) is 0 Å². The molecule has 0 radical (unpaired) electrons. The van der Waals surface area contributed by atoms with Gasteiger partial charge < -0.3 is 15.7 Å². The Kier molecular flexibility index (Phi) is 7.92. The van der Waals surface area contributed by atoms with Crippen molar-refractivity contribution in [1.82, 2.24) is 19.9 Å². The lowest BCUT2D eigenvalue weighted by atomic mass is 9.93. The number of rotatable bonds is 9. The molecule has 1 aliphatic carbocycles. The van der Waals surface area contributed by atoms with Crippen molar-refractivity contribution in [3.05, 3.63) is 30.1 Å². The first kappa shape index (κ1) is 22.9. The molecule has 0 amide bonds. The van der Waals surface area contributed by atoms with Crippen LogP contribution in [0.4, 0.5) is 11.8 Å². The predicted molar refractivity (Wildman–Crippen MR) is 130 cm³/mol. The summed E-state index contributed by atoms with van der Waals surface area (Å²) in [5.74, 6) is 1.48. The molecule has 0 spiro atoms. The van der Waals surface area contributed by atoms with Crippen molar-refractivity contribution in [3.63, 3.8) is 0 Å². The summed E-state index contributed by atoms with van der Waals surface area (Å²) in [6.45, 7) is 7.69. The predicted octanol–water partition coefficient (Wildman–Crippen LogP) is 4.45. The Bertz CT molecular complexity index is 844. The zero-order chi connectivity index (χ0) is 22.3. The van der Waals surface area contributed by atoms with Gasteiger partial charge in [-0.25, -0.2) is 4.98 Å². The second kappa shape index (κ2) is 11.1. The number of aliphatic hydroxyl groups excluding tert-OH is 1. The van der Waals surface area contributed by atoms with E-state index in [0.29, 0.717) is 18.0 Å². The third-order valence-corrected chi connectivity index (χ3v) is 6.63. The maximum Gasteiger partial charge on any atom is 0.224 e. The highest BCUT2D eigenvalue weighted by atomic mass is 16.3. The van der Waals surface area contributed by atoms with Crippen molar-refractivity contribution in [2.24, 2.45) is 0 Å². The SMILES string of the molecule is CCC[C@H](C)Nc1ncc(-c2ccc(CN3CCCC3)cn2)c(N[C@H]2CC[C@H](O)CC2)n1. The summed E-state index contributed by atoms with van der Waals surface area (Å²) in [5, 5.41) is 16.9. The molecule has 7 heteroatoms. The molecule has 0 unspecified atom stereocenters. The minimum absolute atomic E-state index is 0.171. The largest absolute Gasteiger partial charge is 0.393 e. The molecule has 2 aromatic rings. The van der Waals surface area contributed by atoms with Crippen LogP contribution in [0.1, 0.15) is 70.8 Å². The van der Waals surface area contributed by atoms with Crippen LogP contribution in [0.15, 0.2) is 24.5 Å². The lowest BCUT2D eigenvalue weighted by Crippen LogP contribution is -2.29. The molecule has 1 saturated carbocycles. The first-order valence-corrected chi connectivity index (χ1v) is 12.4. The Morgan fingerprint density at radius 3 is 2.56 bits per heavy atom. The number of likely N-dealkylation sites (tertiary alicyclic amines) is 1. The summed E-state index contributed by atoms with van der Waals surface area (Å²) in [6.07, 6.45) is 12.1. The minimum atomic E-state index is -0.171. The van der Waals surface area contributed by atoms with Crippen molar-refractivity contribution < 1.29 is 5.11 Å². The van der Waals surface area contributed by atoms with Crippen molar-refractivity contribution in [3.8, 4) is 11.3 Å². The van der Waals surface area contributed by atoms with E-state index in [9.17, 15) is 5.11 Å². The van der Waals surface area contributed by atoms with Gasteiger partial charge in [0.1, 0.15) is 5.82 Å². The molecule has 7 nitrogen and oxygen atoms in total. The topological polar surface area (TPSA) is 86.2 Å². The molecular weight excluding hydrogens is 400 g/mol. The summed E-state index contributed by atoms with van der Waals surface area (Å²) in [4.78, 5) is 16.7. The van der Waals surface area contributed by atoms with Crippen molar-refractivity contribution in [2.45, 2.75) is 89.9 Å². The molecular formula is C25H38N6O. The van der Waals surface area contributed by atoms with E-state index in [1.165, 1.54) is 31.5 Å². The Hall–Kier alpha value is -2.25. The van der Waals surface area contributed by atoms with E-state index in [-0.39, 0.29) is 6.10 Å². The van der Waals surface area contributed by atoms with Gasteiger partial charge in [-0.15, -0.1) is 0 Å². The summed E-state index contributed by atoms with van der Waals surface area (Å²) in [5.41, 5.74) is 3.07. The summed E-state index contributed by atoms with van der Waals surface area (Å²) in [7, 11) is 0. The van der Waals surface area contributed by atoms with Gasteiger partial charge in [-0.1, -0.05) is 19.4 Å². The molecule has 0 bridgehead atoms. The monoisotopic (exact) mass is 438 g/mol. The van der Waals surface area contributed by atoms with Gasteiger partial charge in [0.25, 0.3) is 0 Å². The number of nitrogens with one attached hydrogen (secondary N) is 2. The molecule has 0 aromatic carbocycles. The van der Waals surface area contributed by atoms with Gasteiger partial charge in [0, 0.05) is 31.0 Å². The lowest BCUT2D eigenvalue weighted by Gasteiger charge is -2.27. The van der Waals surface area contributed by atoms with Crippen LogP contribution in [0.25, 0.3) is 11.3 Å². The second-order valence-corrected chi connectivity index (χ2v) is 9.47. The lowest BCUT2D eigenvalue weighted by molar-refractivity contribution is 0.126. The number of hydrogen-bond donors (Lipinski definition) is 3. The van der Waals surface area contributed by atoms with E-state index >= 15 is 0 Å². The number of aromatic nitrogens is 3. The van der Waals surface area contributed by atoms with Crippen LogP contribution in [0.5, 0.6) is 0 Å². The van der Waals surface area contributed by atoms with E-state index in [1.807, 2.05) is 12.4 Å². The molecule has 2 aromatic heterocycles. The van der Waals surface area contributed by atoms with Gasteiger partial charge in [0.2, 0.25) is 5.95 Å². The standard InChI is InChI=1S/C25H38N6O/c1-3-6-18(2)28-25-27-16-22(24(30-25)29-20-8-10-21(32)11-9-20)23-12-7-19(15-26-23)17-31-13-4-5-14-31/h7,12,15-16,18,20-21,32H,3-6,8-11,13-14,17H2,1-2H3,(H2,27,28,29,30)/t18-,20-,21-/m0/s1. The maximum atomic E-state index is 9.87. The average molecular weight is 439 g/mol. The zero-order valence-corrected chi connectivity index (χ0v) is 19.6. The van der Waals surface area contributed by atoms with Gasteiger partial charge in [-0.3, -0.25) is 9.88 Å². The molecule has 1 aliphatic heterocycles. The second-order valence-electron chi connectivity index (χ2n) is 9.47. The third-order valence-electron chi connectivity index (χ3n) is 6.63. The van der Waals surface area contributed by atoms with Gasteiger partial charge in [0.15, 0.2) is 0 Å². The van der Waals surface area contributed by atoms with Crippen LogP contribution in [-0.4, -0.2) is 56.2 Å². The number of pyridine rings is 1. The number of hydrogen-bond acceptors (Lipinski definition) is 7. The van der Waals surface area contributed by atoms with Crippen LogP contribution >= 0.6 is 0 Å². The minimum Gasteiger partial charge on any atom is -0.393 e. The average Bonchev–Trinajstić information content (AvgIpc) is 3.30. The number of nitrogens with zero attached hydrogens (tertiary/aromatic N) is 4. The first-order chi connectivity index (χ1) is 15.6. The Morgan fingerprint density at radius 1 is 1.09 bits per heavy atom. The van der Waals surface area contributed by atoms with Crippen LogP contribution < -0.4 is 10.6 Å². The summed E-state index contributed by atoms with van der Waals surface area (Å²) >= 11 is 0. The van der Waals surface area contributed by atoms with Crippen molar-refractivity contribution in [1.29, 1.82) is 0 Å². The third kappa shape index (κ3) is 6.17. The molecule has 3 N–H and O–H groups in total. The highest BCUT2D eigenvalue weighted by Gasteiger charge is 2.22. The van der Waals surface area contributed by atoms with Crippen molar-refractivity contribution in [2.75, 3.05) is 23.7 Å². The van der Waals surface area contributed by atoms with E-state index in [4.69, 9.17) is 9.97 Å². The van der Waals surface area contributed by atoms with Gasteiger partial charge in [-0.2, -0.15) is 4.98 Å². The fourth-order valence-electron chi connectivity index (χ4n) is 4.76. The van der Waals surface area contributed by atoms with Crippen LogP contribution in [0.3, 0.4) is 0 Å². The molecule has 3 heterocycles. The highest BCUT2D eigenvalue weighted by Crippen LogP contribution is 2.29. The van der Waals surface area contributed by atoms with Gasteiger partial charge in [0.05, 0.1) is 17.4 Å². The Morgan fingerprint density at radius 2 is 1.88 bits per heavy atom. The van der Waals surface area contributed by atoms with Crippen molar-refractivity contribution >= 4 is 11.8 Å². The fraction of sp³-hybridized carbons (Fsp3) is 0.640. The first-order valence-electron chi connectivity index (χ1n) is 12.4. The van der Waals surface area contributed by atoms with E-state index in [2.05, 4.69) is 46.5 Å². The summed E-state index contributed by atoms with van der Waals surface area (Å²) < 4.78 is 0. The smallest absolute Gasteiger partial charge is 0.224 e. The molecule has 2 fully saturated rings. The Balaban J connectivity index is 1.53. The fourth-order valence-corrected chi connectivity index (χ4v) is 4.76. The van der Waals surface area contributed by atoms with E-state index in [1.54, 1.807) is 0 Å². The Labute approximate surface area is 192 Å². The van der Waals surface area contributed by atoms with E-state index < -0.39 is 0 Å². The zero-order valence-electron chi connectivity index (χ0n) is 19.6. The number of aliphatic hydroxyl groups is 1. The highest BCUT2D eigenvalue weighted by molar-refractivity contribution is 5.73. The molecule has 1 atom stereocenters. The van der Waals surface area contributed by atoms with Gasteiger partial charge in [-0.05, 0) is 76.6 Å². The van der Waals surface area contributed by atoms with Crippen LogP contribution in [-0.2, 0) is 6.54 Å². The molecule has 174 valence electrons. The maximum absolute atomic E-state index is 9.87. The molecule has 2 aliphatic rings. The quantitative estimate of drug-likeness (QED) is 0.533. The molecule has 4 rings (SSSR count). The molecule has 32 heavy (non-hydrogen) atoms. The van der Waals surface area contributed by atoms with Crippen LogP contribution in [0, 0.1) is 0 Å². The summed E-state index contributed by atoms with van der Waals surface area (Å²) in [6, 6.07) is 4.90. The van der Waals surface area contributed by atoms with Gasteiger partial charge >= 0.3 is 0 Å². The normalized spacial score (nSPS) is 22.6. The van der Waals surface area contributed by atoms with E-state index in [0.717, 1.165) is 62.1 Å². The number of anilines is 2.